The summed E-state index contributed by atoms with van der Waals surface area (Å²) >= 11 is 6.07. The molecule has 4 heteroatoms. The summed E-state index contributed by atoms with van der Waals surface area (Å²) in [4.78, 5) is 0. The van der Waals surface area contributed by atoms with Crippen LogP contribution in [0.25, 0.3) is 0 Å². The van der Waals surface area contributed by atoms with Crippen LogP contribution in [0, 0.1) is 5.92 Å². The predicted molar refractivity (Wildman–Crippen MR) is 75.5 cm³/mol. The van der Waals surface area contributed by atoms with Crippen molar-refractivity contribution < 1.29 is 9.47 Å². The van der Waals surface area contributed by atoms with E-state index in [1.165, 1.54) is 0 Å². The van der Waals surface area contributed by atoms with Gasteiger partial charge in [-0.25, -0.2) is 0 Å². The van der Waals surface area contributed by atoms with Gasteiger partial charge in [-0.3, -0.25) is 0 Å². The Hall–Kier alpha value is -0.770. The topological polar surface area (TPSA) is 30.5 Å². The third-order valence-electron chi connectivity index (χ3n) is 2.41. The van der Waals surface area contributed by atoms with Gasteiger partial charge in [-0.2, -0.15) is 0 Å². The second kappa shape index (κ2) is 8.35. The van der Waals surface area contributed by atoms with Crippen LogP contribution in [0.4, 0.5) is 0 Å². The monoisotopic (exact) mass is 271 g/mol. The van der Waals surface area contributed by atoms with E-state index in [2.05, 4.69) is 19.2 Å². The van der Waals surface area contributed by atoms with Crippen molar-refractivity contribution in [3.8, 4) is 5.75 Å². The maximum Gasteiger partial charge on any atom is 0.138 e. The third kappa shape index (κ3) is 5.71. The van der Waals surface area contributed by atoms with Gasteiger partial charge in [0.25, 0.3) is 0 Å². The average molecular weight is 272 g/mol. The van der Waals surface area contributed by atoms with Crippen molar-refractivity contribution in [2.75, 3.05) is 26.8 Å². The first kappa shape index (κ1) is 15.3. The molecular weight excluding hydrogens is 250 g/mol. The van der Waals surface area contributed by atoms with Crippen LogP contribution < -0.4 is 10.1 Å². The maximum atomic E-state index is 6.07. The largest absolute Gasteiger partial charge is 0.485 e. The van der Waals surface area contributed by atoms with Gasteiger partial charge in [-0.15, -0.1) is 0 Å². The van der Waals surface area contributed by atoms with Crippen LogP contribution in [0.1, 0.15) is 13.8 Å². The Balaban J connectivity index is 2.49. The second-order valence-electron chi connectivity index (χ2n) is 4.68. The van der Waals surface area contributed by atoms with Crippen molar-refractivity contribution in [2.45, 2.75) is 20.0 Å². The van der Waals surface area contributed by atoms with Gasteiger partial charge < -0.3 is 14.8 Å². The standard InChI is InChI=1S/C14H22ClNO2/c1-11(2)8-16-9-12(10-17-3)18-14-7-5-4-6-13(14)15/h4-7,11-12,16H,8-10H2,1-3H3. The average Bonchev–Trinajstić information content (AvgIpc) is 2.32. The highest BCUT2D eigenvalue weighted by atomic mass is 35.5. The van der Waals surface area contributed by atoms with Crippen LogP contribution in [0.2, 0.25) is 5.02 Å². The Kier molecular flexibility index (Phi) is 7.09. The fourth-order valence-corrected chi connectivity index (χ4v) is 1.75. The van der Waals surface area contributed by atoms with Gasteiger partial charge in [-0.05, 0) is 24.6 Å². The zero-order chi connectivity index (χ0) is 13.4. The van der Waals surface area contributed by atoms with Crippen LogP contribution in [-0.4, -0.2) is 32.9 Å². The fraction of sp³-hybridized carbons (Fsp3) is 0.571. The Labute approximate surface area is 114 Å². The van der Waals surface area contributed by atoms with E-state index in [-0.39, 0.29) is 6.10 Å². The Morgan fingerprint density at radius 2 is 1.94 bits per heavy atom. The molecule has 0 saturated heterocycles. The lowest BCUT2D eigenvalue weighted by Gasteiger charge is -2.20. The molecular formula is C14H22ClNO2. The molecule has 0 heterocycles. The summed E-state index contributed by atoms with van der Waals surface area (Å²) in [5.41, 5.74) is 0. The van der Waals surface area contributed by atoms with E-state index in [4.69, 9.17) is 21.1 Å². The molecule has 0 bridgehead atoms. The number of para-hydroxylation sites is 1. The Bertz CT molecular complexity index is 344. The molecule has 0 aliphatic rings. The number of nitrogens with one attached hydrogen (secondary N) is 1. The first-order chi connectivity index (χ1) is 8.63. The number of hydrogen-bond acceptors (Lipinski definition) is 3. The number of methoxy groups -OCH3 is 1. The minimum atomic E-state index is -0.0337. The molecule has 18 heavy (non-hydrogen) atoms. The quantitative estimate of drug-likeness (QED) is 0.789. The number of benzene rings is 1. The van der Waals surface area contributed by atoms with Crippen LogP contribution >= 0.6 is 11.6 Å². The van der Waals surface area contributed by atoms with E-state index in [0.29, 0.717) is 23.3 Å². The van der Waals surface area contributed by atoms with Gasteiger partial charge in [0.1, 0.15) is 11.9 Å². The number of ether oxygens (including phenoxy) is 2. The summed E-state index contributed by atoms with van der Waals surface area (Å²) < 4.78 is 11.0. The predicted octanol–water partition coefficient (Wildman–Crippen LogP) is 2.98. The SMILES string of the molecule is COCC(CNCC(C)C)Oc1ccccc1Cl. The highest BCUT2D eigenvalue weighted by Gasteiger charge is 2.12. The molecule has 0 radical (unpaired) electrons. The van der Waals surface area contributed by atoms with Gasteiger partial charge in [0.2, 0.25) is 0 Å². The van der Waals surface area contributed by atoms with Gasteiger partial charge in [0, 0.05) is 13.7 Å². The zero-order valence-electron chi connectivity index (χ0n) is 11.3. The van der Waals surface area contributed by atoms with Gasteiger partial charge in [0.15, 0.2) is 0 Å². The molecule has 1 rings (SSSR count). The Morgan fingerprint density at radius 1 is 1.22 bits per heavy atom. The minimum Gasteiger partial charge on any atom is -0.485 e. The normalized spacial score (nSPS) is 12.7. The lowest BCUT2D eigenvalue weighted by Crippen LogP contribution is -2.36. The van der Waals surface area contributed by atoms with E-state index in [0.717, 1.165) is 13.1 Å². The minimum absolute atomic E-state index is 0.0337. The van der Waals surface area contributed by atoms with Gasteiger partial charge in [-0.1, -0.05) is 37.6 Å². The summed E-state index contributed by atoms with van der Waals surface area (Å²) in [5, 5.41) is 3.99. The summed E-state index contributed by atoms with van der Waals surface area (Å²) in [7, 11) is 1.67. The molecule has 0 spiro atoms. The van der Waals surface area contributed by atoms with Crippen molar-refractivity contribution in [3.05, 3.63) is 29.3 Å². The fourth-order valence-electron chi connectivity index (χ4n) is 1.57. The maximum absolute atomic E-state index is 6.07. The molecule has 102 valence electrons. The van der Waals surface area contributed by atoms with Crippen molar-refractivity contribution in [1.82, 2.24) is 5.32 Å². The van der Waals surface area contributed by atoms with Crippen LogP contribution in [0.5, 0.6) is 5.75 Å². The molecule has 0 aliphatic heterocycles. The van der Waals surface area contributed by atoms with Crippen molar-refractivity contribution >= 4 is 11.6 Å². The first-order valence-corrected chi connectivity index (χ1v) is 6.62. The summed E-state index contributed by atoms with van der Waals surface area (Å²) in [6, 6.07) is 7.49. The molecule has 1 N–H and O–H groups in total. The van der Waals surface area contributed by atoms with E-state index in [1.54, 1.807) is 7.11 Å². The van der Waals surface area contributed by atoms with E-state index >= 15 is 0 Å². The van der Waals surface area contributed by atoms with Crippen LogP contribution in [0.3, 0.4) is 0 Å². The summed E-state index contributed by atoms with van der Waals surface area (Å²) in [6.45, 7) is 6.60. The van der Waals surface area contributed by atoms with Crippen molar-refractivity contribution in [1.29, 1.82) is 0 Å². The lowest BCUT2D eigenvalue weighted by atomic mass is 10.2. The molecule has 3 nitrogen and oxygen atoms in total. The van der Waals surface area contributed by atoms with Crippen molar-refractivity contribution in [3.63, 3.8) is 0 Å². The second-order valence-corrected chi connectivity index (χ2v) is 5.08. The molecule has 0 aromatic heterocycles. The van der Waals surface area contributed by atoms with E-state index in [9.17, 15) is 0 Å². The molecule has 0 fully saturated rings. The van der Waals surface area contributed by atoms with Crippen LogP contribution in [-0.2, 0) is 4.74 Å². The molecule has 0 saturated carbocycles. The number of halogens is 1. The highest BCUT2D eigenvalue weighted by molar-refractivity contribution is 6.32. The van der Waals surface area contributed by atoms with Crippen LogP contribution in [0.15, 0.2) is 24.3 Å². The highest BCUT2D eigenvalue weighted by Crippen LogP contribution is 2.24. The smallest absolute Gasteiger partial charge is 0.138 e. The van der Waals surface area contributed by atoms with Gasteiger partial charge >= 0.3 is 0 Å². The number of hydrogen-bond donors (Lipinski definition) is 1. The summed E-state index contributed by atoms with van der Waals surface area (Å²) in [5.74, 6) is 1.32. The summed E-state index contributed by atoms with van der Waals surface area (Å²) in [6.07, 6.45) is -0.0337. The molecule has 1 atom stereocenters. The third-order valence-corrected chi connectivity index (χ3v) is 2.72. The molecule has 0 amide bonds. The van der Waals surface area contributed by atoms with E-state index in [1.807, 2.05) is 24.3 Å². The van der Waals surface area contributed by atoms with Crippen molar-refractivity contribution in [2.24, 2.45) is 5.92 Å². The zero-order valence-corrected chi connectivity index (χ0v) is 12.0. The molecule has 1 aromatic rings. The van der Waals surface area contributed by atoms with Gasteiger partial charge in [0.05, 0.1) is 11.6 Å². The molecule has 0 aliphatic carbocycles. The first-order valence-electron chi connectivity index (χ1n) is 6.24. The lowest BCUT2D eigenvalue weighted by molar-refractivity contribution is 0.0803. The molecule has 1 unspecified atom stereocenters. The Morgan fingerprint density at radius 3 is 2.56 bits per heavy atom. The number of rotatable bonds is 8. The van der Waals surface area contributed by atoms with E-state index < -0.39 is 0 Å². The molecule has 1 aromatic carbocycles.